The Kier molecular flexibility index (Phi) is 14.0. The summed E-state index contributed by atoms with van der Waals surface area (Å²) in [6.45, 7) is 15.8. The maximum Gasteiger partial charge on any atom is 0.415 e. The molecule has 1 aromatic heterocycles. The van der Waals surface area contributed by atoms with Gasteiger partial charge in [0.05, 0.1) is 47.8 Å². The Hall–Kier alpha value is -6.42. The zero-order chi connectivity index (χ0) is 50.6. The number of aliphatic hydroxyl groups is 2. The van der Waals surface area contributed by atoms with E-state index in [9.17, 15) is 44.6 Å². The topological polar surface area (TPSA) is 272 Å². The third-order valence-corrected chi connectivity index (χ3v) is 13.9. The van der Waals surface area contributed by atoms with Gasteiger partial charge < -0.3 is 59.3 Å². The maximum absolute atomic E-state index is 15.2. The molecule has 2 aromatic rings. The van der Waals surface area contributed by atoms with E-state index in [1.165, 1.54) is 53.2 Å². The fraction of sp³-hybridized carbons (Fsp3) is 0.542. The Balaban J connectivity index is 1.26. The molecular weight excluding hydrogens is 901 g/mol. The molecule has 1 aliphatic carbocycles. The number of Topliss-reactive ketones (excluding diaryl/α,β-unsaturated/α-hetero) is 3. The molecule has 6 aliphatic rings. The van der Waals surface area contributed by atoms with Crippen LogP contribution in [-0.4, -0.2) is 144 Å². The zero-order valence-corrected chi connectivity index (χ0v) is 40.3. The van der Waals surface area contributed by atoms with E-state index < -0.39 is 116 Å². The molecule has 0 saturated carbocycles. The Morgan fingerprint density at radius 1 is 0.957 bits per heavy atom. The molecule has 5 bridgehead atoms. The van der Waals surface area contributed by atoms with Crippen LogP contribution < -0.4 is 14.8 Å². The Labute approximate surface area is 398 Å². The molecule has 1 unspecified atom stereocenters. The number of methoxy groups -OCH3 is 1. The second-order valence-corrected chi connectivity index (χ2v) is 19.1. The first kappa shape index (κ1) is 50.5. The van der Waals surface area contributed by atoms with Crippen molar-refractivity contribution in [3.63, 3.8) is 0 Å². The first-order valence-corrected chi connectivity index (χ1v) is 22.8. The van der Waals surface area contributed by atoms with E-state index >= 15 is 4.79 Å². The molecule has 6 heterocycles. The molecule has 372 valence electrons. The van der Waals surface area contributed by atoms with Crippen molar-refractivity contribution in [2.45, 2.75) is 105 Å². The van der Waals surface area contributed by atoms with Crippen LogP contribution in [0.2, 0.25) is 0 Å². The van der Waals surface area contributed by atoms with Crippen LogP contribution in [0, 0.1) is 40.7 Å². The van der Waals surface area contributed by atoms with Crippen molar-refractivity contribution in [2.75, 3.05) is 39.8 Å². The molecule has 10 atom stereocenters. The lowest BCUT2D eigenvalue weighted by Gasteiger charge is -2.40. The number of imidazole rings is 1. The van der Waals surface area contributed by atoms with Gasteiger partial charge in [-0.15, -0.1) is 0 Å². The SMILES string of the molecule is CO[C@H]1/C=C/O[C@@]2(C)Oc3c(C)c(O)c4c(c3C2=O)C(=O)C(N2CCN(CC3(C)Cn5cc([N+](=O)[O-])nc5O3)CC2)=C(NC(=O)/C(C)=C\C=C\[C@H](C)[C@H](O)[C@@H](C)[C@@H](O)[C@@H](C)[C@H](OC(C)=O)[C@@H]1C)C4=O. The van der Waals surface area contributed by atoms with E-state index in [2.05, 4.69) is 15.2 Å². The number of esters is 1. The van der Waals surface area contributed by atoms with Crippen LogP contribution in [0.4, 0.5) is 5.82 Å². The van der Waals surface area contributed by atoms with Gasteiger partial charge in [0.15, 0.2) is 0 Å². The van der Waals surface area contributed by atoms with Gasteiger partial charge >= 0.3 is 23.6 Å². The van der Waals surface area contributed by atoms with Crippen LogP contribution in [0.3, 0.4) is 0 Å². The number of piperazine rings is 1. The summed E-state index contributed by atoms with van der Waals surface area (Å²) >= 11 is 0. The van der Waals surface area contributed by atoms with Gasteiger partial charge in [-0.1, -0.05) is 45.9 Å². The number of hydrogen-bond donors (Lipinski definition) is 4. The average molecular weight is 961 g/mol. The number of phenolic OH excluding ortho intramolecular Hbond substituents is 1. The summed E-state index contributed by atoms with van der Waals surface area (Å²) in [7, 11) is 1.41. The number of ether oxygens (including phenoxy) is 5. The van der Waals surface area contributed by atoms with Crippen molar-refractivity contribution in [1.29, 1.82) is 0 Å². The lowest BCUT2D eigenvalue weighted by molar-refractivity contribution is -0.389. The fourth-order valence-electron chi connectivity index (χ4n) is 9.94. The minimum Gasteiger partial charge on any atom is -0.507 e. The molecule has 8 rings (SSSR count). The molecule has 69 heavy (non-hydrogen) atoms. The van der Waals surface area contributed by atoms with Crippen molar-refractivity contribution in [2.24, 2.45) is 23.7 Å². The van der Waals surface area contributed by atoms with E-state index in [1.54, 1.807) is 49.3 Å². The number of ketones is 3. The molecule has 0 spiro atoms. The molecular formula is C48H60N6O15. The Morgan fingerprint density at radius 2 is 1.64 bits per heavy atom. The van der Waals surface area contributed by atoms with E-state index in [0.717, 1.165) is 6.26 Å². The highest BCUT2D eigenvalue weighted by Crippen LogP contribution is 2.49. The molecule has 0 radical (unpaired) electrons. The number of hydrogen-bond acceptors (Lipinski definition) is 18. The minimum atomic E-state index is -2.13. The standard InChI is InChI=1S/C48H60N6O15/c1-23-12-11-13-24(2)45(62)50-35-36(52-17-15-51(16-18-52)21-47(8)22-53-20-31(54(63)64)49-46(53)69-47)41(60)32-33(40(35)59)39(58)28(6)43-34(32)44(61)48(9,68-43)66-19-14-30(65-10)25(3)42(67-29(7)55)27(5)38(57)26(4)37(23)56/h11-14,19-20,23,25-27,30,37-38,42,56-58H,15-18,21-22H2,1-10H3,(H,50,62)/b12-11+,19-14+,24-13-/t23-,25+,26+,27+,30-,37-,38+,42+,47?,48-/m0/s1. The van der Waals surface area contributed by atoms with E-state index in [4.69, 9.17) is 23.7 Å². The number of fused-ring (bicyclic) bond motifs is 15. The highest BCUT2D eigenvalue weighted by molar-refractivity contribution is 6.32. The summed E-state index contributed by atoms with van der Waals surface area (Å²) in [6, 6.07) is 0.125. The van der Waals surface area contributed by atoms with Crippen molar-refractivity contribution < 1.29 is 67.9 Å². The number of phenols is 1. The van der Waals surface area contributed by atoms with Gasteiger partial charge in [-0.3, -0.25) is 33.4 Å². The van der Waals surface area contributed by atoms with Gasteiger partial charge in [-0.25, -0.2) is 0 Å². The quantitative estimate of drug-likeness (QED) is 0.183. The fourth-order valence-corrected chi connectivity index (χ4v) is 9.94. The van der Waals surface area contributed by atoms with Gasteiger partial charge in [0.25, 0.3) is 11.7 Å². The molecule has 4 N–H and O–H groups in total. The number of aromatic hydroxyl groups is 1. The average Bonchev–Trinajstić information content (AvgIpc) is 3.92. The largest absolute Gasteiger partial charge is 0.507 e. The van der Waals surface area contributed by atoms with Crippen molar-refractivity contribution in [1.82, 2.24) is 24.7 Å². The predicted molar refractivity (Wildman–Crippen MR) is 244 cm³/mol. The number of nitrogens with one attached hydrogen (secondary N) is 1. The summed E-state index contributed by atoms with van der Waals surface area (Å²) in [4.78, 5) is 89.4. The van der Waals surface area contributed by atoms with Gasteiger partial charge in [0, 0.05) is 93.5 Å². The molecule has 21 heteroatoms. The van der Waals surface area contributed by atoms with Crippen molar-refractivity contribution >= 4 is 35.0 Å². The van der Waals surface area contributed by atoms with Gasteiger partial charge in [-0.05, 0) is 31.8 Å². The Bertz CT molecular complexity index is 2570. The normalized spacial score (nSPS) is 32.9. The number of amides is 1. The summed E-state index contributed by atoms with van der Waals surface area (Å²) in [5.41, 5.74) is -2.56. The summed E-state index contributed by atoms with van der Waals surface area (Å²) < 4.78 is 31.3. The van der Waals surface area contributed by atoms with Gasteiger partial charge in [0.2, 0.25) is 11.6 Å². The smallest absolute Gasteiger partial charge is 0.415 e. The second-order valence-electron chi connectivity index (χ2n) is 19.1. The third kappa shape index (κ3) is 9.39. The van der Waals surface area contributed by atoms with Crippen molar-refractivity contribution in [3.8, 4) is 17.5 Å². The van der Waals surface area contributed by atoms with Crippen LogP contribution in [0.15, 0.2) is 53.7 Å². The highest BCUT2D eigenvalue weighted by Gasteiger charge is 2.53. The first-order valence-electron chi connectivity index (χ1n) is 22.8. The maximum atomic E-state index is 15.2. The molecule has 21 nitrogen and oxygen atoms in total. The summed E-state index contributed by atoms with van der Waals surface area (Å²) in [5.74, 6) is -9.89. The van der Waals surface area contributed by atoms with Gasteiger partial charge in [-0.2, -0.15) is 0 Å². The Morgan fingerprint density at radius 3 is 2.26 bits per heavy atom. The number of carbonyl (C=O) groups is 5. The summed E-state index contributed by atoms with van der Waals surface area (Å²) in [6.07, 6.45) is 4.55. The zero-order valence-electron chi connectivity index (χ0n) is 40.3. The van der Waals surface area contributed by atoms with Crippen LogP contribution in [0.1, 0.15) is 92.0 Å². The molecule has 1 amide bonds. The number of nitro groups is 1. The molecule has 5 aliphatic heterocycles. The number of carbonyl (C=O) groups excluding carboxylic acids is 5. The number of benzene rings is 1. The van der Waals surface area contributed by atoms with E-state index in [-0.39, 0.29) is 53.1 Å². The van der Waals surface area contributed by atoms with Crippen molar-refractivity contribution in [3.05, 3.63) is 86.1 Å². The summed E-state index contributed by atoms with van der Waals surface area (Å²) in [5, 5.41) is 48.6. The van der Waals surface area contributed by atoms with Crippen LogP contribution in [0.25, 0.3) is 0 Å². The molecule has 1 saturated heterocycles. The predicted octanol–water partition coefficient (Wildman–Crippen LogP) is 3.53. The highest BCUT2D eigenvalue weighted by atomic mass is 16.7. The second kappa shape index (κ2) is 19.2. The number of nitrogens with zero attached hydrogens (tertiary/aromatic N) is 5. The van der Waals surface area contributed by atoms with E-state index in [0.29, 0.717) is 26.2 Å². The number of aliphatic hydroxyl groups excluding tert-OH is 2. The van der Waals surface area contributed by atoms with E-state index in [1.807, 2.05) is 6.92 Å². The van der Waals surface area contributed by atoms with Crippen LogP contribution in [-0.2, 0) is 30.3 Å². The van der Waals surface area contributed by atoms with Crippen LogP contribution in [0.5, 0.6) is 17.5 Å². The minimum absolute atomic E-state index is 0.0334. The number of allylic oxidation sites excluding steroid dienone is 4. The lowest BCUT2D eigenvalue weighted by Crippen LogP contribution is -2.54. The third-order valence-electron chi connectivity index (χ3n) is 13.9. The molecule has 1 fully saturated rings. The monoisotopic (exact) mass is 960 g/mol. The lowest BCUT2D eigenvalue weighted by atomic mass is 9.78. The van der Waals surface area contributed by atoms with Crippen LogP contribution >= 0.6 is 0 Å². The number of aromatic nitrogens is 2. The first-order chi connectivity index (χ1) is 32.4. The number of rotatable bonds is 6. The molecule has 1 aromatic carbocycles. The van der Waals surface area contributed by atoms with Gasteiger partial charge in [0.1, 0.15) is 40.8 Å².